The summed E-state index contributed by atoms with van der Waals surface area (Å²) in [4.78, 5) is 0. The molecule has 0 amide bonds. The molecule has 21 heavy (non-hydrogen) atoms. The van der Waals surface area contributed by atoms with Gasteiger partial charge < -0.3 is 10.1 Å². The van der Waals surface area contributed by atoms with Gasteiger partial charge in [0.05, 0.1) is 15.9 Å². The van der Waals surface area contributed by atoms with Crippen LogP contribution in [0.3, 0.4) is 0 Å². The third-order valence-corrected chi connectivity index (χ3v) is 5.86. The Morgan fingerprint density at radius 1 is 1.38 bits per heavy atom. The first-order valence-electron chi connectivity index (χ1n) is 8.15. The van der Waals surface area contributed by atoms with Crippen LogP contribution in [0.1, 0.15) is 44.0 Å². The largest absolute Gasteiger partial charge is 0.381 e. The Hall–Kier alpha value is -0.390. The second-order valence-corrected chi connectivity index (χ2v) is 7.42. The molecular weight excluding hydrogens is 330 g/mol. The molecule has 0 spiro atoms. The van der Waals surface area contributed by atoms with Crippen molar-refractivity contribution in [3.05, 3.63) is 15.9 Å². The molecule has 1 aliphatic carbocycles. The minimum atomic E-state index is 0.322. The number of halogens is 1. The van der Waals surface area contributed by atoms with Crippen LogP contribution in [0.2, 0.25) is 0 Å². The lowest BCUT2D eigenvalue weighted by atomic mass is 9.76. The fourth-order valence-corrected chi connectivity index (χ4v) is 3.99. The lowest BCUT2D eigenvalue weighted by Gasteiger charge is -2.37. The first kappa shape index (κ1) is 15.5. The third kappa shape index (κ3) is 3.51. The van der Waals surface area contributed by atoms with Crippen LogP contribution in [0.25, 0.3) is 0 Å². The predicted octanol–water partition coefficient (Wildman–Crippen LogP) is 2.84. The van der Waals surface area contributed by atoms with Gasteiger partial charge in [0.25, 0.3) is 0 Å². The molecule has 0 radical (unpaired) electrons. The van der Waals surface area contributed by atoms with Crippen molar-refractivity contribution in [1.82, 2.24) is 15.1 Å². The van der Waals surface area contributed by atoms with E-state index in [1.54, 1.807) is 0 Å². The molecule has 3 rings (SSSR count). The van der Waals surface area contributed by atoms with Crippen molar-refractivity contribution in [3.63, 3.8) is 0 Å². The molecule has 1 N–H and O–H groups in total. The standard InChI is InChI=1S/C16H26BrN3O/c1-3-13-15(17)14(20(2)19-13)10-16(6-8-21-9-7-16)11-18-12-4-5-12/h12,18H,3-11H2,1-2H3. The number of nitrogens with one attached hydrogen (secondary N) is 1. The van der Waals surface area contributed by atoms with E-state index in [0.29, 0.717) is 5.41 Å². The fourth-order valence-electron chi connectivity index (χ4n) is 3.24. The molecule has 2 aliphatic rings. The summed E-state index contributed by atoms with van der Waals surface area (Å²) in [5, 5.41) is 8.40. The molecule has 0 aromatic carbocycles. The van der Waals surface area contributed by atoms with Crippen LogP contribution in [0.15, 0.2) is 4.47 Å². The molecule has 1 saturated carbocycles. The lowest BCUT2D eigenvalue weighted by molar-refractivity contribution is 0.0138. The second kappa shape index (κ2) is 6.39. The maximum Gasteiger partial charge on any atom is 0.0766 e. The molecule has 1 aliphatic heterocycles. The van der Waals surface area contributed by atoms with Crippen molar-refractivity contribution in [3.8, 4) is 0 Å². The molecule has 1 aromatic rings. The first-order chi connectivity index (χ1) is 10.1. The monoisotopic (exact) mass is 355 g/mol. The Kier molecular flexibility index (Phi) is 4.71. The number of nitrogens with zero attached hydrogens (tertiary/aromatic N) is 2. The minimum absolute atomic E-state index is 0.322. The van der Waals surface area contributed by atoms with Crippen LogP contribution in [0.5, 0.6) is 0 Å². The average molecular weight is 356 g/mol. The van der Waals surface area contributed by atoms with Crippen LogP contribution in [0.4, 0.5) is 0 Å². The maximum absolute atomic E-state index is 5.61. The van der Waals surface area contributed by atoms with Crippen LogP contribution in [0, 0.1) is 5.41 Å². The molecule has 1 saturated heterocycles. The van der Waals surface area contributed by atoms with Crippen LogP contribution in [-0.4, -0.2) is 35.6 Å². The zero-order chi connectivity index (χ0) is 14.9. The molecule has 0 bridgehead atoms. The van der Waals surface area contributed by atoms with Gasteiger partial charge in [0, 0.05) is 32.8 Å². The highest BCUT2D eigenvalue weighted by Crippen LogP contribution is 2.37. The van der Waals surface area contributed by atoms with E-state index in [1.165, 1.54) is 28.7 Å². The van der Waals surface area contributed by atoms with Gasteiger partial charge in [-0.2, -0.15) is 5.10 Å². The lowest BCUT2D eigenvalue weighted by Crippen LogP contribution is -2.42. The topological polar surface area (TPSA) is 39.1 Å². The van der Waals surface area contributed by atoms with Crippen molar-refractivity contribution >= 4 is 15.9 Å². The number of hydrogen-bond acceptors (Lipinski definition) is 3. The highest BCUT2D eigenvalue weighted by atomic mass is 79.9. The summed E-state index contributed by atoms with van der Waals surface area (Å²) >= 11 is 3.77. The molecule has 5 heteroatoms. The van der Waals surface area contributed by atoms with Gasteiger partial charge in [0.15, 0.2) is 0 Å². The molecule has 118 valence electrons. The number of ether oxygens (including phenoxy) is 1. The van der Waals surface area contributed by atoms with Crippen LogP contribution >= 0.6 is 15.9 Å². The van der Waals surface area contributed by atoms with E-state index in [1.807, 2.05) is 0 Å². The average Bonchev–Trinajstić information content (AvgIpc) is 3.29. The number of rotatable bonds is 6. The van der Waals surface area contributed by atoms with Gasteiger partial charge in [-0.3, -0.25) is 4.68 Å². The van der Waals surface area contributed by atoms with Crippen molar-refractivity contribution < 1.29 is 4.74 Å². The Morgan fingerprint density at radius 3 is 2.67 bits per heavy atom. The Labute approximate surface area is 135 Å². The van der Waals surface area contributed by atoms with E-state index >= 15 is 0 Å². The SMILES string of the molecule is CCc1nn(C)c(CC2(CNC3CC3)CCOCC2)c1Br. The van der Waals surface area contributed by atoms with Crippen molar-refractivity contribution in [2.24, 2.45) is 12.5 Å². The van der Waals surface area contributed by atoms with E-state index in [-0.39, 0.29) is 0 Å². The van der Waals surface area contributed by atoms with Gasteiger partial charge in [-0.1, -0.05) is 6.92 Å². The number of aryl methyl sites for hydroxylation is 2. The van der Waals surface area contributed by atoms with Gasteiger partial charge in [0.2, 0.25) is 0 Å². The molecule has 2 heterocycles. The maximum atomic E-state index is 5.61. The quantitative estimate of drug-likeness (QED) is 0.852. The van der Waals surface area contributed by atoms with Gasteiger partial charge in [-0.15, -0.1) is 0 Å². The van der Waals surface area contributed by atoms with E-state index < -0.39 is 0 Å². The molecule has 2 fully saturated rings. The van der Waals surface area contributed by atoms with E-state index in [0.717, 1.165) is 51.5 Å². The highest BCUT2D eigenvalue weighted by Gasteiger charge is 2.36. The number of hydrogen-bond donors (Lipinski definition) is 1. The van der Waals surface area contributed by atoms with E-state index in [2.05, 4.69) is 45.0 Å². The molecular formula is C16H26BrN3O. The van der Waals surface area contributed by atoms with Crippen LogP contribution in [-0.2, 0) is 24.6 Å². The van der Waals surface area contributed by atoms with E-state index in [9.17, 15) is 0 Å². The summed E-state index contributed by atoms with van der Waals surface area (Å²) in [5.41, 5.74) is 2.83. The molecule has 1 aromatic heterocycles. The molecule has 0 atom stereocenters. The Bertz CT molecular complexity index is 490. The van der Waals surface area contributed by atoms with Crippen molar-refractivity contribution in [2.45, 2.75) is 51.5 Å². The summed E-state index contributed by atoms with van der Waals surface area (Å²) in [7, 11) is 2.07. The summed E-state index contributed by atoms with van der Waals surface area (Å²) < 4.78 is 8.89. The third-order valence-electron chi connectivity index (χ3n) is 4.94. The van der Waals surface area contributed by atoms with Gasteiger partial charge in [-0.05, 0) is 59.9 Å². The minimum Gasteiger partial charge on any atom is -0.381 e. The first-order valence-corrected chi connectivity index (χ1v) is 8.94. The van der Waals surface area contributed by atoms with E-state index in [4.69, 9.17) is 4.74 Å². The zero-order valence-electron chi connectivity index (χ0n) is 13.1. The van der Waals surface area contributed by atoms with Gasteiger partial charge in [0.1, 0.15) is 0 Å². The second-order valence-electron chi connectivity index (χ2n) is 6.63. The summed E-state index contributed by atoms with van der Waals surface area (Å²) in [5.74, 6) is 0. The zero-order valence-corrected chi connectivity index (χ0v) is 14.7. The Morgan fingerprint density at radius 2 is 2.10 bits per heavy atom. The van der Waals surface area contributed by atoms with Crippen LogP contribution < -0.4 is 5.32 Å². The summed E-state index contributed by atoms with van der Waals surface area (Å²) in [6.45, 7) is 5.06. The molecule has 4 nitrogen and oxygen atoms in total. The number of aromatic nitrogens is 2. The van der Waals surface area contributed by atoms with Gasteiger partial charge >= 0.3 is 0 Å². The fraction of sp³-hybridized carbons (Fsp3) is 0.812. The van der Waals surface area contributed by atoms with Gasteiger partial charge in [-0.25, -0.2) is 0 Å². The predicted molar refractivity (Wildman–Crippen MR) is 87.5 cm³/mol. The highest BCUT2D eigenvalue weighted by molar-refractivity contribution is 9.10. The van der Waals surface area contributed by atoms with Crippen molar-refractivity contribution in [2.75, 3.05) is 19.8 Å². The summed E-state index contributed by atoms with van der Waals surface area (Å²) in [6.07, 6.45) is 7.05. The Balaban J connectivity index is 1.78. The normalized spacial score (nSPS) is 21.7. The molecule has 0 unspecified atom stereocenters. The summed E-state index contributed by atoms with van der Waals surface area (Å²) in [6, 6.07) is 0.769. The smallest absolute Gasteiger partial charge is 0.0766 e. The van der Waals surface area contributed by atoms with Crippen molar-refractivity contribution in [1.29, 1.82) is 0 Å².